The Morgan fingerprint density at radius 1 is 1.29 bits per heavy atom. The van der Waals surface area contributed by atoms with E-state index in [0.717, 1.165) is 17.7 Å². The Balaban J connectivity index is 2.49. The van der Waals surface area contributed by atoms with E-state index in [9.17, 15) is 18.0 Å². The molecule has 21 heavy (non-hydrogen) atoms. The highest BCUT2D eigenvalue weighted by Gasteiger charge is 2.30. The van der Waals surface area contributed by atoms with E-state index in [4.69, 9.17) is 0 Å². The van der Waals surface area contributed by atoms with Gasteiger partial charge in [0.25, 0.3) is 0 Å². The van der Waals surface area contributed by atoms with E-state index in [-0.39, 0.29) is 11.7 Å². The zero-order chi connectivity index (χ0) is 15.9. The highest BCUT2D eigenvalue weighted by Crippen LogP contribution is 2.23. The Hall–Kier alpha value is -1.37. The van der Waals surface area contributed by atoms with Crippen LogP contribution in [0.5, 0.6) is 5.75 Å². The molecule has 0 fully saturated rings. The van der Waals surface area contributed by atoms with Crippen molar-refractivity contribution in [2.24, 2.45) is 0 Å². The zero-order valence-corrected chi connectivity index (χ0v) is 12.8. The molecule has 0 spiro atoms. The molecule has 0 heterocycles. The average Bonchev–Trinajstić information content (AvgIpc) is 2.39. The smallest absolute Gasteiger partial charge is 0.406 e. The Morgan fingerprint density at radius 3 is 2.43 bits per heavy atom. The molecule has 1 aromatic carbocycles. The monoisotopic (exact) mass is 321 g/mol. The summed E-state index contributed by atoms with van der Waals surface area (Å²) in [6.07, 6.45) is -3.67. The summed E-state index contributed by atoms with van der Waals surface area (Å²) in [7, 11) is 1.68. The van der Waals surface area contributed by atoms with E-state index in [0.29, 0.717) is 12.3 Å². The fourth-order valence-corrected chi connectivity index (χ4v) is 2.40. The summed E-state index contributed by atoms with van der Waals surface area (Å²) in [6.45, 7) is 2.41. The molecule has 118 valence electrons. The van der Waals surface area contributed by atoms with Crippen LogP contribution in [0, 0.1) is 0 Å². The van der Waals surface area contributed by atoms with Gasteiger partial charge >= 0.3 is 6.36 Å². The molecular weight excluding hydrogens is 303 g/mol. The van der Waals surface area contributed by atoms with Crippen LogP contribution in [0.4, 0.5) is 13.2 Å². The van der Waals surface area contributed by atoms with E-state index in [1.165, 1.54) is 24.3 Å². The molecule has 0 saturated heterocycles. The molecule has 1 aromatic rings. The third-order valence-corrected chi connectivity index (χ3v) is 3.72. The van der Waals surface area contributed by atoms with Crippen LogP contribution in [0.3, 0.4) is 0 Å². The summed E-state index contributed by atoms with van der Waals surface area (Å²) < 4.78 is 39.9. The van der Waals surface area contributed by atoms with Crippen molar-refractivity contribution in [2.45, 2.75) is 26.3 Å². The molecule has 0 aliphatic carbocycles. The molecule has 0 aromatic heterocycles. The maximum atomic E-state index is 12.0. The van der Waals surface area contributed by atoms with Crippen molar-refractivity contribution in [3.05, 3.63) is 29.8 Å². The second-order valence-corrected chi connectivity index (χ2v) is 5.60. The van der Waals surface area contributed by atoms with Gasteiger partial charge in [-0.25, -0.2) is 0 Å². The van der Waals surface area contributed by atoms with E-state index in [2.05, 4.69) is 4.74 Å². The van der Waals surface area contributed by atoms with Crippen LogP contribution in [-0.2, 0) is 11.3 Å². The number of carbonyl (C=O) groups is 1. The summed E-state index contributed by atoms with van der Waals surface area (Å²) in [5, 5.41) is 0. The fraction of sp³-hybridized carbons (Fsp3) is 0.500. The minimum Gasteiger partial charge on any atom is -0.406 e. The molecule has 0 aliphatic rings. The molecule has 0 radical (unpaired) electrons. The van der Waals surface area contributed by atoms with Crippen molar-refractivity contribution in [3.63, 3.8) is 0 Å². The third kappa shape index (κ3) is 7.27. The number of ether oxygens (including phenoxy) is 1. The molecule has 7 heteroatoms. The average molecular weight is 321 g/mol. The summed E-state index contributed by atoms with van der Waals surface area (Å²) in [6, 6.07) is 5.52. The molecule has 0 bridgehead atoms. The lowest BCUT2D eigenvalue weighted by Gasteiger charge is -2.17. The quantitative estimate of drug-likeness (QED) is 0.717. The topological polar surface area (TPSA) is 29.5 Å². The zero-order valence-electron chi connectivity index (χ0n) is 11.9. The van der Waals surface area contributed by atoms with Crippen molar-refractivity contribution in [2.75, 3.05) is 18.6 Å². The lowest BCUT2D eigenvalue weighted by atomic mass is 10.2. The lowest BCUT2D eigenvalue weighted by Crippen LogP contribution is -2.27. The van der Waals surface area contributed by atoms with E-state index < -0.39 is 6.36 Å². The summed E-state index contributed by atoms with van der Waals surface area (Å²) in [5.41, 5.74) is 0.751. The van der Waals surface area contributed by atoms with Gasteiger partial charge in [-0.15, -0.1) is 13.2 Å². The van der Waals surface area contributed by atoms with Gasteiger partial charge < -0.3 is 9.64 Å². The van der Waals surface area contributed by atoms with E-state index >= 15 is 0 Å². The minimum absolute atomic E-state index is 0.00377. The lowest BCUT2D eigenvalue weighted by molar-refractivity contribution is -0.274. The number of halogens is 3. The maximum Gasteiger partial charge on any atom is 0.573 e. The molecule has 3 nitrogen and oxygen atoms in total. The molecule has 0 atom stereocenters. The SMILES string of the molecule is CCCSCC(=O)N(C)Cc1ccc(OC(F)(F)F)cc1. The second-order valence-electron chi connectivity index (χ2n) is 4.49. The summed E-state index contributed by atoms with van der Waals surface area (Å²) in [4.78, 5) is 13.4. The predicted octanol–water partition coefficient (Wildman–Crippen LogP) is 3.69. The Bertz CT molecular complexity index is 449. The van der Waals surface area contributed by atoms with E-state index in [1.54, 1.807) is 23.7 Å². The number of alkyl halides is 3. The largest absolute Gasteiger partial charge is 0.573 e. The Kier molecular flexibility index (Phi) is 6.87. The van der Waals surface area contributed by atoms with Crippen LogP contribution >= 0.6 is 11.8 Å². The van der Waals surface area contributed by atoms with Crippen LogP contribution < -0.4 is 4.74 Å². The fourth-order valence-electron chi connectivity index (χ4n) is 1.57. The van der Waals surface area contributed by atoms with Crippen molar-refractivity contribution in [1.29, 1.82) is 0 Å². The first-order chi connectivity index (χ1) is 9.81. The Labute approximate surface area is 126 Å². The van der Waals surface area contributed by atoms with Gasteiger partial charge in [0, 0.05) is 13.6 Å². The minimum atomic E-state index is -4.69. The van der Waals surface area contributed by atoms with Crippen LogP contribution in [-0.4, -0.2) is 35.7 Å². The number of rotatable bonds is 7. The standard InChI is InChI=1S/C14H18F3NO2S/c1-3-8-21-10-13(19)18(2)9-11-4-6-12(7-5-11)20-14(15,16)17/h4-7H,3,8-10H2,1-2H3. The van der Waals surface area contributed by atoms with Crippen molar-refractivity contribution in [3.8, 4) is 5.75 Å². The first kappa shape index (κ1) is 17.7. The summed E-state index contributed by atoms with van der Waals surface area (Å²) >= 11 is 1.57. The first-order valence-corrected chi connectivity index (χ1v) is 7.63. The molecule has 0 saturated carbocycles. The van der Waals surface area contributed by atoms with Gasteiger partial charge in [0.05, 0.1) is 5.75 Å². The third-order valence-electron chi connectivity index (χ3n) is 2.58. The van der Waals surface area contributed by atoms with E-state index in [1.807, 2.05) is 6.92 Å². The predicted molar refractivity (Wildman–Crippen MR) is 77.2 cm³/mol. The molecule has 1 rings (SSSR count). The molecule has 0 aliphatic heterocycles. The first-order valence-electron chi connectivity index (χ1n) is 6.48. The van der Waals surface area contributed by atoms with Crippen molar-refractivity contribution >= 4 is 17.7 Å². The van der Waals surface area contributed by atoms with Gasteiger partial charge in [0.2, 0.25) is 5.91 Å². The number of nitrogens with zero attached hydrogens (tertiary/aromatic N) is 1. The summed E-state index contributed by atoms with van der Waals surface area (Å²) in [5.74, 6) is 1.09. The number of hydrogen-bond acceptors (Lipinski definition) is 3. The van der Waals surface area contributed by atoms with Crippen molar-refractivity contribution < 1.29 is 22.7 Å². The van der Waals surface area contributed by atoms with Gasteiger partial charge in [-0.2, -0.15) is 11.8 Å². The second kappa shape index (κ2) is 8.17. The van der Waals surface area contributed by atoms with Crippen LogP contribution in [0.25, 0.3) is 0 Å². The van der Waals surface area contributed by atoms with Gasteiger partial charge in [0.1, 0.15) is 5.75 Å². The van der Waals surface area contributed by atoms with Gasteiger partial charge in [-0.1, -0.05) is 19.1 Å². The number of thioether (sulfide) groups is 1. The molecule has 1 amide bonds. The normalized spacial score (nSPS) is 11.3. The van der Waals surface area contributed by atoms with Gasteiger partial charge in [-0.3, -0.25) is 4.79 Å². The highest BCUT2D eigenvalue weighted by molar-refractivity contribution is 7.99. The van der Waals surface area contributed by atoms with Crippen LogP contribution in [0.2, 0.25) is 0 Å². The number of amides is 1. The highest BCUT2D eigenvalue weighted by atomic mass is 32.2. The maximum absolute atomic E-state index is 12.0. The Morgan fingerprint density at radius 2 is 1.90 bits per heavy atom. The van der Waals surface area contributed by atoms with Crippen LogP contribution in [0.15, 0.2) is 24.3 Å². The number of carbonyl (C=O) groups excluding carboxylic acids is 1. The number of hydrogen-bond donors (Lipinski definition) is 0. The van der Waals surface area contributed by atoms with Crippen LogP contribution in [0.1, 0.15) is 18.9 Å². The van der Waals surface area contributed by atoms with Gasteiger partial charge in [0.15, 0.2) is 0 Å². The van der Waals surface area contributed by atoms with Gasteiger partial charge in [-0.05, 0) is 29.9 Å². The molecular formula is C14H18F3NO2S. The molecule has 0 unspecified atom stereocenters. The van der Waals surface area contributed by atoms with Crippen molar-refractivity contribution in [1.82, 2.24) is 4.90 Å². The molecule has 0 N–H and O–H groups in total. The number of benzene rings is 1.